The maximum Gasteiger partial charge on any atom is 0.320 e. The van der Waals surface area contributed by atoms with E-state index in [0.717, 1.165) is 0 Å². The molecule has 1 rings (SSSR count). The summed E-state index contributed by atoms with van der Waals surface area (Å²) in [6, 6.07) is 0.628. The van der Waals surface area contributed by atoms with E-state index in [1.54, 1.807) is 6.07 Å². The largest absolute Gasteiger partial charge is 0.493 e. The summed E-state index contributed by atoms with van der Waals surface area (Å²) in [6.07, 6.45) is 1.61. The van der Waals surface area contributed by atoms with E-state index in [1.807, 2.05) is 0 Å². The van der Waals surface area contributed by atoms with Gasteiger partial charge < -0.3 is 20.3 Å². The first-order chi connectivity index (χ1) is 7.60. The molecule has 0 bridgehead atoms. The van der Waals surface area contributed by atoms with E-state index in [9.17, 15) is 4.79 Å². The maximum atomic E-state index is 10.6. The van der Waals surface area contributed by atoms with Gasteiger partial charge >= 0.3 is 5.97 Å². The summed E-state index contributed by atoms with van der Waals surface area (Å²) in [5.74, 6) is -0.154. The average molecular weight is 226 g/mol. The SMILES string of the molecule is COc1ccnc(C[C@@H](N)C(=O)O)c1OC. The smallest absolute Gasteiger partial charge is 0.320 e. The van der Waals surface area contributed by atoms with Crippen LogP contribution in [0.4, 0.5) is 0 Å². The van der Waals surface area contributed by atoms with Crippen molar-refractivity contribution in [2.45, 2.75) is 12.5 Å². The highest BCUT2D eigenvalue weighted by Crippen LogP contribution is 2.29. The number of hydrogen-bond donors (Lipinski definition) is 2. The highest BCUT2D eigenvalue weighted by molar-refractivity contribution is 5.73. The second-order valence-electron chi connectivity index (χ2n) is 3.14. The predicted octanol–water partition coefficient (Wildman–Crippen LogP) is 0.0532. The van der Waals surface area contributed by atoms with E-state index in [2.05, 4.69) is 4.98 Å². The Kier molecular flexibility index (Phi) is 4.07. The molecule has 1 aromatic heterocycles. The Morgan fingerprint density at radius 1 is 1.56 bits per heavy atom. The fourth-order valence-corrected chi connectivity index (χ4v) is 1.29. The lowest BCUT2D eigenvalue weighted by molar-refractivity contribution is -0.138. The lowest BCUT2D eigenvalue weighted by Crippen LogP contribution is -2.32. The molecule has 0 amide bonds. The van der Waals surface area contributed by atoms with E-state index in [1.165, 1.54) is 20.4 Å². The van der Waals surface area contributed by atoms with Crippen LogP contribution in [0.2, 0.25) is 0 Å². The van der Waals surface area contributed by atoms with E-state index >= 15 is 0 Å². The summed E-state index contributed by atoms with van der Waals surface area (Å²) in [5.41, 5.74) is 5.90. The molecule has 0 aromatic carbocycles. The summed E-state index contributed by atoms with van der Waals surface area (Å²) in [5, 5.41) is 8.71. The van der Waals surface area contributed by atoms with Crippen LogP contribution in [0.1, 0.15) is 5.69 Å². The van der Waals surface area contributed by atoms with E-state index in [4.69, 9.17) is 20.3 Å². The van der Waals surface area contributed by atoms with Crippen LogP contribution in [-0.4, -0.2) is 36.3 Å². The first kappa shape index (κ1) is 12.3. The predicted molar refractivity (Wildman–Crippen MR) is 56.7 cm³/mol. The summed E-state index contributed by atoms with van der Waals surface area (Å²) < 4.78 is 10.2. The number of carboxylic acid groups (broad SMARTS) is 1. The number of aliphatic carboxylic acids is 1. The molecule has 0 unspecified atom stereocenters. The molecule has 0 radical (unpaired) electrons. The van der Waals surface area contributed by atoms with Crippen molar-refractivity contribution >= 4 is 5.97 Å². The third kappa shape index (κ3) is 2.60. The Morgan fingerprint density at radius 2 is 2.25 bits per heavy atom. The summed E-state index contributed by atoms with van der Waals surface area (Å²) in [4.78, 5) is 14.7. The zero-order chi connectivity index (χ0) is 12.1. The van der Waals surface area contributed by atoms with Gasteiger partial charge in [0.15, 0.2) is 11.5 Å². The van der Waals surface area contributed by atoms with Crippen LogP contribution in [0.3, 0.4) is 0 Å². The quantitative estimate of drug-likeness (QED) is 0.736. The summed E-state index contributed by atoms with van der Waals surface area (Å²) in [6.45, 7) is 0. The Bertz CT molecular complexity index is 381. The number of carbonyl (C=O) groups is 1. The molecule has 0 spiro atoms. The van der Waals surface area contributed by atoms with Crippen LogP contribution in [-0.2, 0) is 11.2 Å². The van der Waals surface area contributed by atoms with Crippen molar-refractivity contribution in [3.63, 3.8) is 0 Å². The molecule has 1 aromatic rings. The van der Waals surface area contributed by atoms with Crippen molar-refractivity contribution < 1.29 is 19.4 Å². The van der Waals surface area contributed by atoms with Crippen molar-refractivity contribution in [2.75, 3.05) is 14.2 Å². The minimum absolute atomic E-state index is 0.0930. The first-order valence-electron chi connectivity index (χ1n) is 4.64. The van der Waals surface area contributed by atoms with Crippen LogP contribution in [0.5, 0.6) is 11.5 Å². The van der Waals surface area contributed by atoms with Crippen molar-refractivity contribution in [2.24, 2.45) is 5.73 Å². The number of pyridine rings is 1. The molecular weight excluding hydrogens is 212 g/mol. The molecule has 0 aliphatic carbocycles. The molecule has 0 fully saturated rings. The number of ether oxygens (including phenoxy) is 2. The van der Waals surface area contributed by atoms with Crippen molar-refractivity contribution in [1.82, 2.24) is 4.98 Å². The van der Waals surface area contributed by atoms with Crippen molar-refractivity contribution in [3.05, 3.63) is 18.0 Å². The lowest BCUT2D eigenvalue weighted by Gasteiger charge is -2.12. The second kappa shape index (κ2) is 5.32. The average Bonchev–Trinajstić information content (AvgIpc) is 2.28. The number of nitrogens with zero attached hydrogens (tertiary/aromatic N) is 1. The van der Waals surface area contributed by atoms with Crippen LogP contribution in [0.25, 0.3) is 0 Å². The number of methoxy groups -OCH3 is 2. The van der Waals surface area contributed by atoms with Gasteiger partial charge in [0.05, 0.1) is 19.9 Å². The van der Waals surface area contributed by atoms with E-state index in [-0.39, 0.29) is 6.42 Å². The summed E-state index contributed by atoms with van der Waals surface area (Å²) in [7, 11) is 2.97. The Balaban J connectivity index is 2.99. The van der Waals surface area contributed by atoms with E-state index < -0.39 is 12.0 Å². The third-order valence-electron chi connectivity index (χ3n) is 2.10. The fraction of sp³-hybridized carbons (Fsp3) is 0.400. The lowest BCUT2D eigenvalue weighted by atomic mass is 10.1. The number of hydrogen-bond acceptors (Lipinski definition) is 5. The van der Waals surface area contributed by atoms with Gasteiger partial charge in [-0.05, 0) is 0 Å². The highest BCUT2D eigenvalue weighted by atomic mass is 16.5. The highest BCUT2D eigenvalue weighted by Gasteiger charge is 2.18. The second-order valence-corrected chi connectivity index (χ2v) is 3.14. The zero-order valence-corrected chi connectivity index (χ0v) is 9.14. The molecule has 0 saturated carbocycles. The van der Waals surface area contributed by atoms with Gasteiger partial charge in [-0.25, -0.2) is 0 Å². The first-order valence-corrected chi connectivity index (χ1v) is 4.64. The van der Waals surface area contributed by atoms with Crippen molar-refractivity contribution in [1.29, 1.82) is 0 Å². The number of aromatic nitrogens is 1. The molecule has 0 aliphatic heterocycles. The minimum atomic E-state index is -1.08. The van der Waals surface area contributed by atoms with Gasteiger partial charge in [-0.2, -0.15) is 0 Å². The van der Waals surface area contributed by atoms with Gasteiger partial charge in [-0.3, -0.25) is 9.78 Å². The monoisotopic (exact) mass is 226 g/mol. The molecule has 0 saturated heterocycles. The molecule has 6 heteroatoms. The zero-order valence-electron chi connectivity index (χ0n) is 9.14. The van der Waals surface area contributed by atoms with Crippen LogP contribution >= 0.6 is 0 Å². The fourth-order valence-electron chi connectivity index (χ4n) is 1.29. The Labute approximate surface area is 93.0 Å². The molecule has 0 aliphatic rings. The topological polar surface area (TPSA) is 94.7 Å². The van der Waals surface area contributed by atoms with Gasteiger partial charge in [0, 0.05) is 18.7 Å². The molecule has 16 heavy (non-hydrogen) atoms. The number of rotatable bonds is 5. The molecular formula is C10H14N2O4. The molecule has 1 heterocycles. The maximum absolute atomic E-state index is 10.6. The van der Waals surface area contributed by atoms with Gasteiger partial charge in [0.1, 0.15) is 6.04 Å². The molecule has 1 atom stereocenters. The molecule has 88 valence electrons. The number of carboxylic acids is 1. The van der Waals surface area contributed by atoms with Crippen molar-refractivity contribution in [3.8, 4) is 11.5 Å². The van der Waals surface area contributed by atoms with Crippen LogP contribution in [0.15, 0.2) is 12.3 Å². The van der Waals surface area contributed by atoms with Crippen LogP contribution < -0.4 is 15.2 Å². The van der Waals surface area contributed by atoms with Gasteiger partial charge in [-0.15, -0.1) is 0 Å². The van der Waals surface area contributed by atoms with Gasteiger partial charge in [0.2, 0.25) is 0 Å². The third-order valence-corrected chi connectivity index (χ3v) is 2.10. The van der Waals surface area contributed by atoms with Gasteiger partial charge in [-0.1, -0.05) is 0 Å². The van der Waals surface area contributed by atoms with Gasteiger partial charge in [0.25, 0.3) is 0 Å². The normalized spacial score (nSPS) is 11.9. The molecule has 3 N–H and O–H groups in total. The van der Waals surface area contributed by atoms with E-state index in [0.29, 0.717) is 17.2 Å². The minimum Gasteiger partial charge on any atom is -0.493 e. The summed E-state index contributed by atoms with van der Waals surface area (Å²) >= 11 is 0. The molecule has 6 nitrogen and oxygen atoms in total. The van der Waals surface area contributed by atoms with Crippen LogP contribution in [0, 0.1) is 0 Å². The number of nitrogens with two attached hydrogens (primary N) is 1. The standard InChI is InChI=1S/C10H14N2O4/c1-15-8-3-4-12-7(9(8)16-2)5-6(11)10(13)14/h3-4,6H,5,11H2,1-2H3,(H,13,14)/t6-/m1/s1. The Morgan fingerprint density at radius 3 is 2.75 bits per heavy atom. The Hall–Kier alpha value is -1.82.